The number of hydrogen-bond acceptors (Lipinski definition) is 2. The van der Waals surface area contributed by atoms with Gasteiger partial charge in [0, 0.05) is 17.0 Å². The fourth-order valence-electron chi connectivity index (χ4n) is 0.656. The highest BCUT2D eigenvalue weighted by Crippen LogP contribution is 2.11. The van der Waals surface area contributed by atoms with Gasteiger partial charge in [0.2, 0.25) is 17.5 Å². The molecule has 1 aromatic carbocycles. The van der Waals surface area contributed by atoms with Crippen LogP contribution in [0.2, 0.25) is 0 Å². The summed E-state index contributed by atoms with van der Waals surface area (Å²) in [5, 5.41) is 0. The molecule has 0 heterocycles. The van der Waals surface area contributed by atoms with E-state index in [2.05, 4.69) is 32.2 Å². The average Bonchev–Trinajstić information content (AvgIpc) is 1.59. The Labute approximate surface area is 66.1 Å². The van der Waals surface area contributed by atoms with E-state index in [4.69, 9.17) is 0 Å². The van der Waals surface area contributed by atoms with Gasteiger partial charge in [0.15, 0.2) is 0 Å². The van der Waals surface area contributed by atoms with Crippen molar-refractivity contribution in [2.75, 3.05) is 0 Å². The molecule has 0 aromatic heterocycles. The van der Waals surface area contributed by atoms with Crippen LogP contribution in [0.25, 0.3) is 0 Å². The molecule has 0 amide bonds. The summed E-state index contributed by atoms with van der Waals surface area (Å²) < 4.78 is 0. The van der Waals surface area contributed by atoms with Crippen LogP contribution in [0.4, 0.5) is 0 Å². The first kappa shape index (κ1) is 7.03. The van der Waals surface area contributed by atoms with Gasteiger partial charge in [-0.3, -0.25) is 0 Å². The minimum Gasteiger partial charge on any atom is -0.143 e. The van der Waals surface area contributed by atoms with Gasteiger partial charge in [-0.15, -0.1) is 12.6 Å². The van der Waals surface area contributed by atoms with E-state index in [0.717, 1.165) is 15.4 Å². The third-order valence-corrected chi connectivity index (χ3v) is 1.48. The second kappa shape index (κ2) is 2.67. The first-order valence-electron chi connectivity index (χ1n) is 2.53. The quantitative estimate of drug-likeness (QED) is 0.428. The van der Waals surface area contributed by atoms with Crippen LogP contribution in [0.15, 0.2) is 28.0 Å². The molecule has 0 atom stereocenters. The van der Waals surface area contributed by atoms with Gasteiger partial charge in [-0.05, 0) is 18.6 Å². The van der Waals surface area contributed by atoms with Crippen molar-refractivity contribution < 1.29 is 0 Å². The molecule has 1 rings (SSSR count). The van der Waals surface area contributed by atoms with Crippen molar-refractivity contribution >= 4 is 25.3 Å². The largest absolute Gasteiger partial charge is 0.224 e. The van der Waals surface area contributed by atoms with Gasteiger partial charge in [-0.1, -0.05) is 0 Å². The molecule has 0 saturated carbocycles. The Balaban J connectivity index is 3.17. The Bertz CT molecular complexity index is 168. The summed E-state index contributed by atoms with van der Waals surface area (Å²) in [6.07, 6.45) is 0. The molecule has 0 saturated heterocycles. The molecule has 0 aliphatic rings. The molecule has 0 bridgehead atoms. The van der Waals surface area contributed by atoms with E-state index in [1.54, 1.807) is 0 Å². The number of rotatable bonds is 0. The summed E-state index contributed by atoms with van der Waals surface area (Å²) in [5.41, 5.74) is 0.951. The van der Waals surface area contributed by atoms with Crippen LogP contribution in [0.1, 0.15) is 5.56 Å². The van der Waals surface area contributed by atoms with Crippen molar-refractivity contribution in [2.45, 2.75) is 9.79 Å². The van der Waals surface area contributed by atoms with Crippen LogP contribution in [0.3, 0.4) is 0 Å². The van der Waals surface area contributed by atoms with E-state index in [1.807, 2.05) is 18.2 Å². The van der Waals surface area contributed by atoms with E-state index in [9.17, 15) is 0 Å². The maximum atomic E-state index is 4.13. The third kappa shape index (κ3) is 1.95. The molecule has 1 aromatic rings. The van der Waals surface area contributed by atoms with Crippen LogP contribution < -0.4 is 0 Å². The third-order valence-electron chi connectivity index (χ3n) is 0.962. The lowest BCUT2D eigenvalue weighted by molar-refractivity contribution is 1.32. The highest BCUT2D eigenvalue weighted by molar-refractivity contribution is 7.80. The Hall–Kier alpha value is -0.0800. The van der Waals surface area contributed by atoms with Crippen LogP contribution in [0, 0.1) is 6.92 Å². The van der Waals surface area contributed by atoms with Crippen molar-refractivity contribution in [3.05, 3.63) is 30.7 Å². The number of hydrogen-bond donors (Lipinski definition) is 1. The zero-order valence-corrected chi connectivity index (χ0v) is 6.62. The fourth-order valence-corrected chi connectivity index (χ4v) is 1.37. The number of benzene rings is 1. The molecular formula is C7H7S2+. The summed E-state index contributed by atoms with van der Waals surface area (Å²) in [6.45, 7) is 3.74. The van der Waals surface area contributed by atoms with Gasteiger partial charge in [0.25, 0.3) is 0 Å². The summed E-state index contributed by atoms with van der Waals surface area (Å²) in [4.78, 5) is 1.82. The van der Waals surface area contributed by atoms with Crippen molar-refractivity contribution in [2.24, 2.45) is 0 Å². The Morgan fingerprint density at radius 3 is 2.44 bits per heavy atom. The van der Waals surface area contributed by atoms with E-state index in [1.165, 1.54) is 0 Å². The van der Waals surface area contributed by atoms with Crippen molar-refractivity contribution in [3.63, 3.8) is 0 Å². The second-order valence-corrected chi connectivity index (χ2v) is 2.89. The van der Waals surface area contributed by atoms with Crippen molar-refractivity contribution in [1.29, 1.82) is 0 Å². The highest BCUT2D eigenvalue weighted by atomic mass is 32.1. The fraction of sp³-hybridized carbons (Fsp3) is 0. The minimum absolute atomic E-state index is 0.910. The first-order chi connectivity index (χ1) is 4.18. The Morgan fingerprint density at radius 2 is 2.00 bits per heavy atom. The first-order valence-corrected chi connectivity index (χ1v) is 3.43. The van der Waals surface area contributed by atoms with Gasteiger partial charge in [-0.2, -0.15) is 0 Å². The van der Waals surface area contributed by atoms with Crippen molar-refractivity contribution in [1.82, 2.24) is 0 Å². The van der Waals surface area contributed by atoms with Crippen LogP contribution in [-0.2, 0) is 12.6 Å². The molecule has 0 aliphatic heterocycles. The summed E-state index contributed by atoms with van der Waals surface area (Å²) in [7, 11) is 0. The van der Waals surface area contributed by atoms with Gasteiger partial charge < -0.3 is 0 Å². The Morgan fingerprint density at radius 1 is 1.33 bits per heavy atom. The van der Waals surface area contributed by atoms with Crippen LogP contribution >= 0.6 is 12.6 Å². The van der Waals surface area contributed by atoms with Crippen LogP contribution in [0.5, 0.6) is 0 Å². The second-order valence-electron chi connectivity index (χ2n) is 1.86. The lowest BCUT2D eigenvalue weighted by Crippen LogP contribution is -1.75. The summed E-state index contributed by atoms with van der Waals surface area (Å²) in [5.74, 6) is 0. The standard InChI is InChI=1S/C7H7S2/c1-5-2-6(8)4-7(9)3-5/h2-4,8-9H,1H2/q+1. The average molecular weight is 155 g/mol. The topological polar surface area (TPSA) is 0 Å². The molecule has 46 valence electrons. The van der Waals surface area contributed by atoms with Crippen molar-refractivity contribution in [3.8, 4) is 0 Å². The van der Waals surface area contributed by atoms with Gasteiger partial charge in [0.1, 0.15) is 0 Å². The smallest absolute Gasteiger partial charge is 0.143 e. The lowest BCUT2D eigenvalue weighted by atomic mass is 10.2. The molecule has 0 unspecified atom stereocenters. The maximum absolute atomic E-state index is 4.13. The zero-order valence-electron chi connectivity index (χ0n) is 4.83. The predicted molar refractivity (Wildman–Crippen MR) is 45.2 cm³/mol. The SMILES string of the molecule is [CH2]c1cc(S)cc([SH+])c1. The van der Waals surface area contributed by atoms with E-state index in [0.29, 0.717) is 0 Å². The minimum atomic E-state index is 0.910. The van der Waals surface area contributed by atoms with Gasteiger partial charge in [-0.25, -0.2) is 0 Å². The molecule has 0 spiro atoms. The molecule has 0 aliphatic carbocycles. The van der Waals surface area contributed by atoms with Crippen LogP contribution in [-0.4, -0.2) is 0 Å². The van der Waals surface area contributed by atoms with Gasteiger partial charge in [0.05, 0.1) is 0 Å². The molecule has 9 heavy (non-hydrogen) atoms. The Kier molecular flexibility index (Phi) is 2.09. The molecule has 0 nitrogen and oxygen atoms in total. The normalized spacial score (nSPS) is 9.67. The maximum Gasteiger partial charge on any atom is 0.224 e. The molecule has 0 N–H and O–H groups in total. The van der Waals surface area contributed by atoms with Gasteiger partial charge >= 0.3 is 0 Å². The monoisotopic (exact) mass is 155 g/mol. The lowest BCUT2D eigenvalue weighted by Gasteiger charge is -1.90. The molecule has 2 heteroatoms. The molecular weight excluding hydrogens is 148 g/mol. The zero-order chi connectivity index (χ0) is 6.85. The summed E-state index contributed by atoms with van der Waals surface area (Å²) in [6, 6.07) is 5.66. The van der Waals surface area contributed by atoms with E-state index >= 15 is 0 Å². The van der Waals surface area contributed by atoms with E-state index in [-0.39, 0.29) is 0 Å². The summed E-state index contributed by atoms with van der Waals surface area (Å²) >= 11 is 8.27. The van der Waals surface area contributed by atoms with E-state index < -0.39 is 0 Å². The molecule has 2 radical (unpaired) electrons. The number of thiol groups is 2. The molecule has 0 fully saturated rings. The highest BCUT2D eigenvalue weighted by Gasteiger charge is 1.96. The predicted octanol–water partition coefficient (Wildman–Crippen LogP) is 1.80.